The normalized spacial score (nSPS) is 15.9. The smallest absolute Gasteiger partial charge is 0.307 e. The molecular weight excluding hydrogens is 419 g/mol. The molecule has 3 aromatic carbocycles. The van der Waals surface area contributed by atoms with Gasteiger partial charge in [-0.2, -0.15) is 0 Å². The lowest BCUT2D eigenvalue weighted by atomic mass is 9.96. The predicted molar refractivity (Wildman–Crippen MR) is 124 cm³/mol. The van der Waals surface area contributed by atoms with Gasteiger partial charge in [-0.1, -0.05) is 54.1 Å². The molecule has 1 aliphatic heterocycles. The molecule has 170 valence electrons. The number of esters is 1. The molecule has 1 N–H and O–H groups in total. The molecule has 0 unspecified atom stereocenters. The number of aryl methyl sites for hydroxylation is 2. The number of nitrogens with one attached hydrogen (secondary N) is 1. The summed E-state index contributed by atoms with van der Waals surface area (Å²) in [5.74, 6) is -0.766. The summed E-state index contributed by atoms with van der Waals surface area (Å²) in [6, 6.07) is 19.3. The number of ether oxygens (including phenoxy) is 1. The molecule has 1 amide bonds. The summed E-state index contributed by atoms with van der Waals surface area (Å²) in [6.07, 6.45) is -0.327. The van der Waals surface area contributed by atoms with Gasteiger partial charge in [0, 0.05) is 23.7 Å². The van der Waals surface area contributed by atoms with Crippen molar-refractivity contribution < 1.29 is 18.7 Å². The SMILES string of the molecule is COC(=O)C[C@@H](N[C@H]1c2ccccc2C(=O)N1Cc1ccc(F)cc1)c1ccc(C)cc1C. The maximum atomic E-state index is 13.4. The van der Waals surface area contributed by atoms with Crippen LogP contribution in [0.25, 0.3) is 0 Å². The molecule has 1 aliphatic rings. The van der Waals surface area contributed by atoms with Crippen molar-refractivity contribution in [1.82, 2.24) is 10.2 Å². The predicted octanol–water partition coefficient (Wildman–Crippen LogP) is 4.99. The number of halogens is 1. The fourth-order valence-electron chi connectivity index (χ4n) is 4.42. The molecule has 3 aromatic rings. The second-order valence-corrected chi connectivity index (χ2v) is 8.41. The summed E-state index contributed by atoms with van der Waals surface area (Å²) in [5, 5.41) is 3.56. The van der Waals surface area contributed by atoms with Crippen LogP contribution in [-0.4, -0.2) is 23.9 Å². The molecular formula is C27H27FN2O3. The first-order valence-corrected chi connectivity index (χ1v) is 10.9. The monoisotopic (exact) mass is 446 g/mol. The molecule has 6 heteroatoms. The number of carbonyl (C=O) groups is 2. The van der Waals surface area contributed by atoms with E-state index in [-0.39, 0.29) is 30.2 Å². The molecule has 5 nitrogen and oxygen atoms in total. The highest BCUT2D eigenvalue weighted by molar-refractivity contribution is 5.99. The summed E-state index contributed by atoms with van der Waals surface area (Å²) >= 11 is 0. The van der Waals surface area contributed by atoms with Crippen LogP contribution in [0.5, 0.6) is 0 Å². The molecule has 0 aromatic heterocycles. The molecule has 0 spiro atoms. The summed E-state index contributed by atoms with van der Waals surface area (Å²) in [5.41, 5.74) is 5.45. The van der Waals surface area contributed by atoms with Gasteiger partial charge in [-0.25, -0.2) is 4.39 Å². The van der Waals surface area contributed by atoms with Gasteiger partial charge in [0.2, 0.25) is 0 Å². The van der Waals surface area contributed by atoms with Crippen molar-refractivity contribution in [1.29, 1.82) is 0 Å². The highest BCUT2D eigenvalue weighted by Gasteiger charge is 2.38. The minimum atomic E-state index is -0.450. The molecule has 0 bridgehead atoms. The Labute approximate surface area is 193 Å². The molecule has 1 heterocycles. The second kappa shape index (κ2) is 9.55. The van der Waals surface area contributed by atoms with Crippen molar-refractivity contribution in [3.8, 4) is 0 Å². The number of benzene rings is 3. The van der Waals surface area contributed by atoms with Crippen molar-refractivity contribution in [2.24, 2.45) is 0 Å². The van der Waals surface area contributed by atoms with E-state index in [9.17, 15) is 14.0 Å². The Morgan fingerprint density at radius 1 is 1.09 bits per heavy atom. The lowest BCUT2D eigenvalue weighted by molar-refractivity contribution is -0.141. The van der Waals surface area contributed by atoms with Gasteiger partial charge < -0.3 is 9.64 Å². The van der Waals surface area contributed by atoms with Crippen LogP contribution in [0.4, 0.5) is 4.39 Å². The minimum absolute atomic E-state index is 0.107. The Morgan fingerprint density at radius 2 is 1.82 bits per heavy atom. The second-order valence-electron chi connectivity index (χ2n) is 8.41. The minimum Gasteiger partial charge on any atom is -0.469 e. The number of nitrogens with zero attached hydrogens (tertiary/aromatic N) is 1. The number of carbonyl (C=O) groups excluding carboxylic acids is 2. The summed E-state index contributed by atoms with van der Waals surface area (Å²) < 4.78 is 18.4. The molecule has 0 saturated carbocycles. The van der Waals surface area contributed by atoms with Gasteiger partial charge in [0.15, 0.2) is 0 Å². The van der Waals surface area contributed by atoms with Crippen LogP contribution in [0.1, 0.15) is 56.8 Å². The molecule has 0 radical (unpaired) electrons. The van der Waals surface area contributed by atoms with Crippen LogP contribution in [0, 0.1) is 19.7 Å². The van der Waals surface area contributed by atoms with E-state index in [1.54, 1.807) is 17.0 Å². The summed E-state index contributed by atoms with van der Waals surface area (Å²) in [6.45, 7) is 4.34. The molecule has 33 heavy (non-hydrogen) atoms. The van der Waals surface area contributed by atoms with E-state index in [2.05, 4.69) is 11.4 Å². The third kappa shape index (κ3) is 4.81. The summed E-state index contributed by atoms with van der Waals surface area (Å²) in [4.78, 5) is 27.3. The van der Waals surface area contributed by atoms with E-state index >= 15 is 0 Å². The molecule has 0 fully saturated rings. The fraction of sp³-hybridized carbons (Fsp3) is 0.259. The zero-order valence-corrected chi connectivity index (χ0v) is 19.0. The van der Waals surface area contributed by atoms with Gasteiger partial charge in [0.05, 0.1) is 13.5 Å². The highest BCUT2D eigenvalue weighted by Crippen LogP contribution is 2.36. The lowest BCUT2D eigenvalue weighted by Crippen LogP contribution is -2.39. The molecule has 2 atom stereocenters. The van der Waals surface area contributed by atoms with E-state index in [1.165, 1.54) is 19.2 Å². The topological polar surface area (TPSA) is 58.6 Å². The molecule has 4 rings (SSSR count). The average molecular weight is 447 g/mol. The Kier molecular flexibility index (Phi) is 6.56. The first-order valence-electron chi connectivity index (χ1n) is 10.9. The van der Waals surface area contributed by atoms with Crippen LogP contribution in [0.2, 0.25) is 0 Å². The van der Waals surface area contributed by atoms with Crippen molar-refractivity contribution in [3.05, 3.63) is 106 Å². The maximum Gasteiger partial charge on any atom is 0.307 e. The van der Waals surface area contributed by atoms with E-state index in [0.29, 0.717) is 12.1 Å². The van der Waals surface area contributed by atoms with Gasteiger partial charge in [0.25, 0.3) is 5.91 Å². The van der Waals surface area contributed by atoms with Crippen LogP contribution in [-0.2, 0) is 16.1 Å². The summed E-state index contributed by atoms with van der Waals surface area (Å²) in [7, 11) is 1.37. The Morgan fingerprint density at radius 3 is 2.52 bits per heavy atom. The van der Waals surface area contributed by atoms with E-state index in [0.717, 1.165) is 27.8 Å². The van der Waals surface area contributed by atoms with Gasteiger partial charge in [-0.3, -0.25) is 14.9 Å². The first kappa shape index (κ1) is 22.7. The van der Waals surface area contributed by atoms with E-state index < -0.39 is 6.17 Å². The van der Waals surface area contributed by atoms with Crippen molar-refractivity contribution in [2.75, 3.05) is 7.11 Å². The number of fused-ring (bicyclic) bond motifs is 1. The Hall–Kier alpha value is -3.51. The number of amides is 1. The lowest BCUT2D eigenvalue weighted by Gasteiger charge is -2.31. The zero-order chi connectivity index (χ0) is 23.5. The van der Waals surface area contributed by atoms with Crippen molar-refractivity contribution >= 4 is 11.9 Å². The third-order valence-corrected chi connectivity index (χ3v) is 6.08. The third-order valence-electron chi connectivity index (χ3n) is 6.08. The first-order chi connectivity index (χ1) is 15.9. The van der Waals surface area contributed by atoms with Gasteiger partial charge >= 0.3 is 5.97 Å². The van der Waals surface area contributed by atoms with Gasteiger partial charge in [-0.15, -0.1) is 0 Å². The van der Waals surface area contributed by atoms with E-state index in [4.69, 9.17) is 4.74 Å². The quantitative estimate of drug-likeness (QED) is 0.520. The number of hydrogen-bond acceptors (Lipinski definition) is 4. The molecule has 0 aliphatic carbocycles. The molecule has 0 saturated heterocycles. The van der Waals surface area contributed by atoms with Crippen LogP contribution in [0.3, 0.4) is 0 Å². The highest BCUT2D eigenvalue weighted by atomic mass is 19.1. The Bertz CT molecular complexity index is 1180. The average Bonchev–Trinajstić information content (AvgIpc) is 3.06. The van der Waals surface area contributed by atoms with Crippen LogP contribution >= 0.6 is 0 Å². The number of rotatable bonds is 7. The fourth-order valence-corrected chi connectivity index (χ4v) is 4.42. The van der Waals surface area contributed by atoms with E-state index in [1.807, 2.05) is 50.2 Å². The van der Waals surface area contributed by atoms with Crippen LogP contribution in [0.15, 0.2) is 66.7 Å². The van der Waals surface area contributed by atoms with Crippen LogP contribution < -0.4 is 5.32 Å². The number of hydrogen-bond donors (Lipinski definition) is 1. The zero-order valence-electron chi connectivity index (χ0n) is 19.0. The largest absolute Gasteiger partial charge is 0.469 e. The van der Waals surface area contributed by atoms with Gasteiger partial charge in [-0.05, 0) is 48.7 Å². The van der Waals surface area contributed by atoms with Crippen molar-refractivity contribution in [3.63, 3.8) is 0 Å². The maximum absolute atomic E-state index is 13.4. The standard InChI is InChI=1S/C27H27FN2O3/c1-17-8-13-21(18(2)14-17)24(15-25(31)33-3)29-26-22-6-4-5-7-23(22)27(32)30(26)16-19-9-11-20(28)12-10-19/h4-14,24,26,29H,15-16H2,1-3H3/t24-,26-/m1/s1. The Balaban J connectivity index is 1.71. The number of methoxy groups -OCH3 is 1. The van der Waals surface area contributed by atoms with Crippen molar-refractivity contribution in [2.45, 2.75) is 39.0 Å². The van der Waals surface area contributed by atoms with Gasteiger partial charge in [0.1, 0.15) is 12.0 Å².